The molecule has 0 radical (unpaired) electrons. The minimum Gasteiger partial charge on any atom is -0.478 e. The summed E-state index contributed by atoms with van der Waals surface area (Å²) in [7, 11) is 0. The number of ether oxygens (including phenoxy) is 1. The molecule has 0 unspecified atom stereocenters. The molecule has 1 aromatic heterocycles. The van der Waals surface area contributed by atoms with Gasteiger partial charge in [-0.25, -0.2) is 4.98 Å². The molecule has 12 heavy (non-hydrogen) atoms. The van der Waals surface area contributed by atoms with E-state index in [0.29, 0.717) is 24.2 Å². The first kappa shape index (κ1) is 9.26. The van der Waals surface area contributed by atoms with Gasteiger partial charge in [0.25, 0.3) is 0 Å². The van der Waals surface area contributed by atoms with Gasteiger partial charge in [0.15, 0.2) is 0 Å². The van der Waals surface area contributed by atoms with Gasteiger partial charge in [0, 0.05) is 6.07 Å². The molecule has 1 aromatic rings. The average Bonchev–Trinajstić information content (AvgIpc) is 2.04. The highest BCUT2D eigenvalue weighted by Gasteiger charge is 2.00. The molecule has 1 heterocycles. The molecular formula is C8H11ClN2O. The summed E-state index contributed by atoms with van der Waals surface area (Å²) in [6.45, 7) is 4.34. The highest BCUT2D eigenvalue weighted by Crippen LogP contribution is 2.10. The molecule has 0 fully saturated rings. The molecule has 0 aliphatic carbocycles. The molecule has 0 saturated carbocycles. The van der Waals surface area contributed by atoms with Gasteiger partial charge in [-0.2, -0.15) is 4.98 Å². The summed E-state index contributed by atoms with van der Waals surface area (Å²) >= 11 is 5.63. The molecule has 0 amide bonds. The van der Waals surface area contributed by atoms with Gasteiger partial charge < -0.3 is 4.74 Å². The molecule has 0 aliphatic rings. The molecule has 0 aromatic carbocycles. The number of rotatable bonds is 3. The monoisotopic (exact) mass is 186 g/mol. The lowest BCUT2D eigenvalue weighted by Gasteiger charge is -2.03. The highest BCUT2D eigenvalue weighted by molar-refractivity contribution is 6.16. The summed E-state index contributed by atoms with van der Waals surface area (Å²) < 4.78 is 5.22. The van der Waals surface area contributed by atoms with Crippen molar-refractivity contribution < 1.29 is 4.74 Å². The van der Waals surface area contributed by atoms with Crippen molar-refractivity contribution in [2.75, 3.05) is 6.61 Å². The normalized spacial score (nSPS) is 9.92. The lowest BCUT2D eigenvalue weighted by molar-refractivity contribution is 0.325. The standard InChI is InChI=1S/C8H11ClN2O/c1-3-12-8-4-7(5-9)10-6(2)11-8/h4H,3,5H2,1-2H3. The lowest BCUT2D eigenvalue weighted by atomic mass is 10.4. The molecule has 0 bridgehead atoms. The van der Waals surface area contributed by atoms with Crippen LogP contribution < -0.4 is 4.74 Å². The van der Waals surface area contributed by atoms with Gasteiger partial charge >= 0.3 is 0 Å². The Morgan fingerprint density at radius 2 is 2.25 bits per heavy atom. The van der Waals surface area contributed by atoms with Crippen LogP contribution in [0.4, 0.5) is 0 Å². The van der Waals surface area contributed by atoms with Crippen molar-refractivity contribution in [2.24, 2.45) is 0 Å². The Balaban J connectivity index is 2.90. The number of halogens is 1. The fourth-order valence-corrected chi connectivity index (χ4v) is 1.03. The van der Waals surface area contributed by atoms with Crippen molar-refractivity contribution in [3.63, 3.8) is 0 Å². The van der Waals surface area contributed by atoms with Gasteiger partial charge in [-0.15, -0.1) is 11.6 Å². The summed E-state index contributed by atoms with van der Waals surface area (Å²) in [5, 5.41) is 0. The van der Waals surface area contributed by atoms with E-state index in [9.17, 15) is 0 Å². The first-order chi connectivity index (χ1) is 5.76. The quantitative estimate of drug-likeness (QED) is 0.677. The maximum atomic E-state index is 5.63. The SMILES string of the molecule is CCOc1cc(CCl)nc(C)n1. The summed E-state index contributed by atoms with van der Waals surface area (Å²) in [4.78, 5) is 8.19. The predicted molar refractivity (Wildman–Crippen MR) is 47.5 cm³/mol. The number of aryl methyl sites for hydroxylation is 1. The Morgan fingerprint density at radius 3 is 2.83 bits per heavy atom. The maximum absolute atomic E-state index is 5.63. The summed E-state index contributed by atoms with van der Waals surface area (Å²) in [6.07, 6.45) is 0. The van der Waals surface area contributed by atoms with Crippen molar-refractivity contribution in [1.82, 2.24) is 9.97 Å². The van der Waals surface area contributed by atoms with Gasteiger partial charge in [-0.1, -0.05) is 0 Å². The smallest absolute Gasteiger partial charge is 0.216 e. The molecule has 3 nitrogen and oxygen atoms in total. The van der Waals surface area contributed by atoms with E-state index in [2.05, 4.69) is 9.97 Å². The zero-order valence-electron chi connectivity index (χ0n) is 7.17. The summed E-state index contributed by atoms with van der Waals surface area (Å²) in [5.74, 6) is 1.68. The first-order valence-electron chi connectivity index (χ1n) is 3.79. The van der Waals surface area contributed by atoms with Gasteiger partial charge in [-0.05, 0) is 13.8 Å². The van der Waals surface area contributed by atoms with Crippen molar-refractivity contribution in [3.8, 4) is 5.88 Å². The second-order valence-electron chi connectivity index (χ2n) is 2.31. The highest BCUT2D eigenvalue weighted by atomic mass is 35.5. The van der Waals surface area contributed by atoms with Crippen LogP contribution in [0, 0.1) is 6.92 Å². The summed E-state index contributed by atoms with van der Waals surface area (Å²) in [6, 6.07) is 1.75. The van der Waals surface area contributed by atoms with Crippen LogP contribution in [0.3, 0.4) is 0 Å². The Labute approximate surface area is 76.7 Å². The Kier molecular flexibility index (Phi) is 3.29. The lowest BCUT2D eigenvalue weighted by Crippen LogP contribution is -1.99. The van der Waals surface area contributed by atoms with Crippen molar-refractivity contribution in [3.05, 3.63) is 17.6 Å². The second-order valence-corrected chi connectivity index (χ2v) is 2.58. The number of aromatic nitrogens is 2. The summed E-state index contributed by atoms with van der Waals surface area (Å²) in [5.41, 5.74) is 0.799. The topological polar surface area (TPSA) is 35.0 Å². The fraction of sp³-hybridized carbons (Fsp3) is 0.500. The van der Waals surface area contributed by atoms with Crippen LogP contribution in [0.25, 0.3) is 0 Å². The number of nitrogens with zero attached hydrogens (tertiary/aromatic N) is 2. The van der Waals surface area contributed by atoms with Crippen molar-refractivity contribution >= 4 is 11.6 Å². The van der Waals surface area contributed by atoms with Crippen LogP contribution in [0.1, 0.15) is 18.4 Å². The van der Waals surface area contributed by atoms with Crippen molar-refractivity contribution in [2.45, 2.75) is 19.7 Å². The minimum absolute atomic E-state index is 0.392. The molecule has 4 heteroatoms. The molecule has 0 atom stereocenters. The van der Waals surface area contributed by atoms with Gasteiger partial charge in [0.1, 0.15) is 5.82 Å². The minimum atomic E-state index is 0.392. The van der Waals surface area contributed by atoms with E-state index in [1.807, 2.05) is 13.8 Å². The fourth-order valence-electron chi connectivity index (χ4n) is 0.890. The zero-order valence-corrected chi connectivity index (χ0v) is 7.93. The number of hydrogen-bond acceptors (Lipinski definition) is 3. The van der Waals surface area contributed by atoms with Crippen LogP contribution in [0.15, 0.2) is 6.07 Å². The van der Waals surface area contributed by atoms with E-state index in [-0.39, 0.29) is 0 Å². The third-order valence-electron chi connectivity index (χ3n) is 1.30. The van der Waals surface area contributed by atoms with Crippen LogP contribution in [-0.4, -0.2) is 16.6 Å². The van der Waals surface area contributed by atoms with Gasteiger partial charge in [0.2, 0.25) is 5.88 Å². The van der Waals surface area contributed by atoms with E-state index in [4.69, 9.17) is 16.3 Å². The average molecular weight is 187 g/mol. The third kappa shape index (κ3) is 2.34. The van der Waals surface area contributed by atoms with Gasteiger partial charge in [-0.3, -0.25) is 0 Å². The Hall–Kier alpha value is -0.830. The molecule has 0 aliphatic heterocycles. The largest absolute Gasteiger partial charge is 0.478 e. The molecule has 0 N–H and O–H groups in total. The molecular weight excluding hydrogens is 176 g/mol. The van der Waals surface area contributed by atoms with E-state index in [1.54, 1.807) is 6.07 Å². The Morgan fingerprint density at radius 1 is 1.50 bits per heavy atom. The van der Waals surface area contributed by atoms with E-state index in [0.717, 1.165) is 5.69 Å². The van der Waals surface area contributed by atoms with Crippen LogP contribution in [-0.2, 0) is 5.88 Å². The zero-order chi connectivity index (χ0) is 8.97. The van der Waals surface area contributed by atoms with E-state index < -0.39 is 0 Å². The third-order valence-corrected chi connectivity index (χ3v) is 1.57. The van der Waals surface area contributed by atoms with Crippen LogP contribution in [0.5, 0.6) is 5.88 Å². The molecule has 66 valence electrons. The van der Waals surface area contributed by atoms with Crippen LogP contribution in [0.2, 0.25) is 0 Å². The number of hydrogen-bond donors (Lipinski definition) is 0. The van der Waals surface area contributed by atoms with Gasteiger partial charge in [0.05, 0.1) is 18.2 Å². The number of alkyl halides is 1. The van der Waals surface area contributed by atoms with E-state index >= 15 is 0 Å². The molecule has 0 saturated heterocycles. The molecule has 0 spiro atoms. The van der Waals surface area contributed by atoms with Crippen molar-refractivity contribution in [1.29, 1.82) is 0 Å². The van der Waals surface area contributed by atoms with Crippen LogP contribution >= 0.6 is 11.6 Å². The maximum Gasteiger partial charge on any atom is 0.216 e. The second kappa shape index (κ2) is 4.26. The van der Waals surface area contributed by atoms with E-state index in [1.165, 1.54) is 0 Å². The molecule has 1 rings (SSSR count). The first-order valence-corrected chi connectivity index (χ1v) is 4.33. The predicted octanol–water partition coefficient (Wildman–Crippen LogP) is 1.92. The Bertz CT molecular complexity index is 265.